The van der Waals surface area contributed by atoms with Crippen LogP contribution in [0.3, 0.4) is 0 Å². The molecule has 10 heteroatoms. The molecule has 0 atom stereocenters. The third-order valence-electron chi connectivity index (χ3n) is 3.86. The third-order valence-corrected chi connectivity index (χ3v) is 4.76. The maximum absolute atomic E-state index is 12.4. The Kier molecular flexibility index (Phi) is 4.88. The van der Waals surface area contributed by atoms with Crippen molar-refractivity contribution in [3.63, 3.8) is 0 Å². The molecule has 0 aliphatic rings. The Morgan fingerprint density at radius 3 is 2.84 bits per heavy atom. The highest BCUT2D eigenvalue weighted by atomic mass is 32.1. The summed E-state index contributed by atoms with van der Waals surface area (Å²) < 4.78 is 1.55. The first-order chi connectivity index (χ1) is 12.0. The summed E-state index contributed by atoms with van der Waals surface area (Å²) in [5.41, 5.74) is 7.94. The molecule has 3 rings (SSSR count). The maximum Gasteiger partial charge on any atom is 0.254 e. The number of amides is 1. The minimum absolute atomic E-state index is 0.157. The fourth-order valence-corrected chi connectivity index (χ4v) is 3.33. The van der Waals surface area contributed by atoms with Gasteiger partial charge < -0.3 is 11.1 Å². The molecule has 0 aliphatic heterocycles. The quantitative estimate of drug-likeness (QED) is 0.685. The number of anilines is 2. The Hall–Kier alpha value is -2.62. The first-order valence-corrected chi connectivity index (χ1v) is 8.90. The molecule has 3 N–H and O–H groups in total. The second-order valence-corrected chi connectivity index (χ2v) is 6.83. The normalized spacial score (nSPS) is 11.2. The van der Waals surface area contributed by atoms with Crippen LogP contribution in [0.15, 0.2) is 0 Å². The lowest BCUT2D eigenvalue weighted by atomic mass is 10.1. The number of nitrogens with zero attached hydrogens (tertiary/aromatic N) is 6. The van der Waals surface area contributed by atoms with E-state index in [9.17, 15) is 4.79 Å². The van der Waals surface area contributed by atoms with E-state index in [1.54, 1.807) is 4.52 Å². The predicted octanol–water partition coefficient (Wildman–Crippen LogP) is 1.70. The number of hydrogen-bond acceptors (Lipinski definition) is 8. The Morgan fingerprint density at radius 1 is 1.28 bits per heavy atom. The van der Waals surface area contributed by atoms with E-state index >= 15 is 0 Å². The van der Waals surface area contributed by atoms with Crippen LogP contribution in [0.2, 0.25) is 0 Å². The molecule has 3 heterocycles. The van der Waals surface area contributed by atoms with Gasteiger partial charge in [-0.15, -0.1) is 15.3 Å². The lowest BCUT2D eigenvalue weighted by Crippen LogP contribution is -2.17. The number of hydrogen-bond donors (Lipinski definition) is 2. The molecule has 132 valence electrons. The van der Waals surface area contributed by atoms with Gasteiger partial charge in [-0.1, -0.05) is 24.7 Å². The van der Waals surface area contributed by atoms with Gasteiger partial charge in [0.25, 0.3) is 5.78 Å². The number of aromatic nitrogens is 6. The highest BCUT2D eigenvalue weighted by molar-refractivity contribution is 7.15. The Balaban J connectivity index is 1.74. The highest BCUT2D eigenvalue weighted by Crippen LogP contribution is 2.19. The van der Waals surface area contributed by atoms with Crippen LogP contribution in [0.4, 0.5) is 11.1 Å². The molecule has 0 radical (unpaired) electrons. The number of rotatable bonds is 6. The summed E-state index contributed by atoms with van der Waals surface area (Å²) >= 11 is 1.41. The van der Waals surface area contributed by atoms with Crippen molar-refractivity contribution in [1.82, 2.24) is 29.8 Å². The first kappa shape index (κ1) is 17.2. The average molecular weight is 360 g/mol. The minimum Gasteiger partial charge on any atom is -0.366 e. The largest absolute Gasteiger partial charge is 0.366 e. The number of unbranched alkanes of at least 4 members (excludes halogenated alkanes) is 1. The molecular formula is C15H20N8OS. The predicted molar refractivity (Wildman–Crippen MR) is 95.5 cm³/mol. The van der Waals surface area contributed by atoms with Crippen molar-refractivity contribution in [3.8, 4) is 0 Å². The summed E-state index contributed by atoms with van der Waals surface area (Å²) in [6, 6.07) is 0. The van der Waals surface area contributed by atoms with Gasteiger partial charge in [0.1, 0.15) is 5.01 Å². The van der Waals surface area contributed by atoms with E-state index in [4.69, 9.17) is 5.73 Å². The van der Waals surface area contributed by atoms with Crippen molar-refractivity contribution < 1.29 is 4.79 Å². The van der Waals surface area contributed by atoms with Gasteiger partial charge >= 0.3 is 0 Å². The standard InChI is InChI=1S/C15H20N8OS/c1-4-5-6-12-20-21-15(25-12)18-11(24)7-10-8(2)17-14-19-13(16)22-23(14)9(10)3/h4-7H2,1-3H3,(H2,16,22)(H,18,21,24). The molecule has 0 fully saturated rings. The molecule has 1 amide bonds. The zero-order valence-corrected chi connectivity index (χ0v) is 15.2. The Labute approximate surface area is 148 Å². The summed E-state index contributed by atoms with van der Waals surface area (Å²) in [4.78, 5) is 20.8. The maximum atomic E-state index is 12.4. The fourth-order valence-electron chi connectivity index (χ4n) is 2.54. The lowest BCUT2D eigenvalue weighted by molar-refractivity contribution is -0.115. The van der Waals surface area contributed by atoms with Crippen molar-refractivity contribution in [1.29, 1.82) is 0 Å². The average Bonchev–Trinajstić information content (AvgIpc) is 3.15. The van der Waals surface area contributed by atoms with Crippen molar-refractivity contribution in [2.24, 2.45) is 0 Å². The zero-order valence-electron chi connectivity index (χ0n) is 14.4. The van der Waals surface area contributed by atoms with E-state index in [-0.39, 0.29) is 18.3 Å². The number of nitrogen functional groups attached to an aromatic ring is 1. The van der Waals surface area contributed by atoms with Gasteiger partial charge in [0.05, 0.1) is 6.42 Å². The van der Waals surface area contributed by atoms with E-state index in [0.717, 1.165) is 41.2 Å². The van der Waals surface area contributed by atoms with E-state index in [0.29, 0.717) is 10.9 Å². The van der Waals surface area contributed by atoms with Gasteiger partial charge in [-0.2, -0.15) is 9.50 Å². The van der Waals surface area contributed by atoms with Crippen LogP contribution in [0.25, 0.3) is 5.78 Å². The summed E-state index contributed by atoms with van der Waals surface area (Å²) in [5, 5.41) is 16.5. The summed E-state index contributed by atoms with van der Waals surface area (Å²) in [5.74, 6) is 0.421. The second kappa shape index (κ2) is 7.09. The van der Waals surface area contributed by atoms with Crippen molar-refractivity contribution in [3.05, 3.63) is 22.0 Å². The van der Waals surface area contributed by atoms with Gasteiger partial charge in [-0.3, -0.25) is 4.79 Å². The molecule has 3 aromatic rings. The van der Waals surface area contributed by atoms with Crippen molar-refractivity contribution in [2.75, 3.05) is 11.1 Å². The number of fused-ring (bicyclic) bond motifs is 1. The second-order valence-electron chi connectivity index (χ2n) is 5.77. The van der Waals surface area contributed by atoms with Gasteiger partial charge in [0, 0.05) is 23.4 Å². The lowest BCUT2D eigenvalue weighted by Gasteiger charge is -2.09. The van der Waals surface area contributed by atoms with Crippen LogP contribution in [0.5, 0.6) is 0 Å². The monoisotopic (exact) mass is 360 g/mol. The fraction of sp³-hybridized carbons (Fsp3) is 0.467. The number of nitrogens with two attached hydrogens (primary N) is 1. The molecular weight excluding hydrogens is 340 g/mol. The highest BCUT2D eigenvalue weighted by Gasteiger charge is 2.16. The van der Waals surface area contributed by atoms with Crippen LogP contribution in [0, 0.1) is 13.8 Å². The van der Waals surface area contributed by atoms with Crippen LogP contribution >= 0.6 is 11.3 Å². The van der Waals surface area contributed by atoms with Crippen molar-refractivity contribution in [2.45, 2.75) is 46.5 Å². The number of aryl methyl sites for hydroxylation is 3. The van der Waals surface area contributed by atoms with E-state index in [1.165, 1.54) is 11.3 Å². The van der Waals surface area contributed by atoms with E-state index in [2.05, 4.69) is 37.5 Å². The van der Waals surface area contributed by atoms with Crippen LogP contribution in [-0.2, 0) is 17.6 Å². The van der Waals surface area contributed by atoms with Crippen molar-refractivity contribution >= 4 is 34.1 Å². The number of nitrogens with one attached hydrogen (secondary N) is 1. The topological polar surface area (TPSA) is 124 Å². The van der Waals surface area contributed by atoms with Gasteiger partial charge in [0.2, 0.25) is 17.0 Å². The van der Waals surface area contributed by atoms with Gasteiger partial charge in [0.15, 0.2) is 0 Å². The minimum atomic E-state index is -0.168. The Morgan fingerprint density at radius 2 is 2.08 bits per heavy atom. The molecule has 3 aromatic heterocycles. The van der Waals surface area contributed by atoms with E-state index < -0.39 is 0 Å². The first-order valence-electron chi connectivity index (χ1n) is 8.08. The van der Waals surface area contributed by atoms with Crippen LogP contribution < -0.4 is 11.1 Å². The molecule has 0 aromatic carbocycles. The molecule has 0 unspecified atom stereocenters. The zero-order chi connectivity index (χ0) is 18.0. The van der Waals surface area contributed by atoms with Crippen LogP contribution in [-0.4, -0.2) is 35.7 Å². The van der Waals surface area contributed by atoms with Gasteiger partial charge in [-0.25, -0.2) is 4.98 Å². The summed E-state index contributed by atoms with van der Waals surface area (Å²) in [7, 11) is 0. The molecule has 0 spiro atoms. The smallest absolute Gasteiger partial charge is 0.254 e. The molecule has 0 aliphatic carbocycles. The SMILES string of the molecule is CCCCc1nnc(NC(=O)Cc2c(C)nc3nc(N)nn3c2C)s1. The molecule has 9 nitrogen and oxygen atoms in total. The molecule has 25 heavy (non-hydrogen) atoms. The Bertz CT molecular complexity index is 916. The number of carbonyl (C=O) groups is 1. The van der Waals surface area contributed by atoms with Crippen LogP contribution in [0.1, 0.15) is 41.7 Å². The van der Waals surface area contributed by atoms with E-state index in [1.807, 2.05) is 13.8 Å². The molecule has 0 saturated carbocycles. The molecule has 0 saturated heterocycles. The van der Waals surface area contributed by atoms with Gasteiger partial charge in [-0.05, 0) is 20.3 Å². The molecule has 0 bridgehead atoms. The third kappa shape index (κ3) is 3.73. The summed E-state index contributed by atoms with van der Waals surface area (Å²) in [6.07, 6.45) is 3.22. The number of carbonyl (C=O) groups excluding carboxylic acids is 1. The summed E-state index contributed by atoms with van der Waals surface area (Å²) in [6.45, 7) is 5.84.